The van der Waals surface area contributed by atoms with Crippen LogP contribution in [0.2, 0.25) is 0 Å². The first kappa shape index (κ1) is 14.8. The van der Waals surface area contributed by atoms with Gasteiger partial charge in [0.05, 0.1) is 17.4 Å². The fourth-order valence-corrected chi connectivity index (χ4v) is 2.39. The van der Waals surface area contributed by atoms with Crippen molar-refractivity contribution in [3.8, 4) is 5.69 Å². The highest BCUT2D eigenvalue weighted by atomic mass is 79.9. The Morgan fingerprint density at radius 2 is 2.05 bits per heavy atom. The SMILES string of the molecule is CC(C)N(CCBr)C(=O)c1cnn(-c2ccccc2)c1. The van der Waals surface area contributed by atoms with Crippen molar-refractivity contribution in [3.05, 3.63) is 48.3 Å². The average molecular weight is 336 g/mol. The number of benzene rings is 1. The molecule has 0 unspecified atom stereocenters. The molecule has 0 bridgehead atoms. The molecule has 0 saturated carbocycles. The maximum Gasteiger partial charge on any atom is 0.257 e. The van der Waals surface area contributed by atoms with E-state index in [0.717, 1.165) is 11.0 Å². The predicted molar refractivity (Wildman–Crippen MR) is 83.5 cm³/mol. The van der Waals surface area contributed by atoms with Crippen LogP contribution in [-0.2, 0) is 0 Å². The Balaban J connectivity index is 2.22. The Morgan fingerprint density at radius 1 is 1.35 bits per heavy atom. The fourth-order valence-electron chi connectivity index (χ4n) is 2.01. The van der Waals surface area contributed by atoms with E-state index < -0.39 is 0 Å². The standard InChI is InChI=1S/C15H18BrN3O/c1-12(2)18(9-8-16)15(20)13-10-17-19(11-13)14-6-4-3-5-7-14/h3-7,10-12H,8-9H2,1-2H3. The van der Waals surface area contributed by atoms with Gasteiger partial charge in [-0.15, -0.1) is 0 Å². The molecule has 0 atom stereocenters. The summed E-state index contributed by atoms with van der Waals surface area (Å²) in [6.07, 6.45) is 3.40. The Morgan fingerprint density at radius 3 is 2.65 bits per heavy atom. The minimum atomic E-state index is 0.0154. The average Bonchev–Trinajstić information content (AvgIpc) is 2.94. The minimum absolute atomic E-state index is 0.0154. The molecule has 1 amide bonds. The lowest BCUT2D eigenvalue weighted by molar-refractivity contribution is 0.0719. The van der Waals surface area contributed by atoms with Crippen molar-refractivity contribution in [2.45, 2.75) is 19.9 Å². The summed E-state index contributed by atoms with van der Waals surface area (Å²) in [5.41, 5.74) is 1.56. The van der Waals surface area contributed by atoms with Crippen LogP contribution in [0.15, 0.2) is 42.7 Å². The fraction of sp³-hybridized carbons (Fsp3) is 0.333. The number of nitrogens with zero attached hydrogens (tertiary/aromatic N) is 3. The molecule has 0 saturated heterocycles. The van der Waals surface area contributed by atoms with Crippen LogP contribution in [0.4, 0.5) is 0 Å². The van der Waals surface area contributed by atoms with E-state index in [9.17, 15) is 4.79 Å². The zero-order valence-corrected chi connectivity index (χ0v) is 13.2. The van der Waals surface area contributed by atoms with Crippen LogP contribution >= 0.6 is 15.9 Å². The Labute approximate surface area is 127 Å². The lowest BCUT2D eigenvalue weighted by Crippen LogP contribution is -2.38. The van der Waals surface area contributed by atoms with Crippen LogP contribution in [-0.4, -0.2) is 38.5 Å². The first-order valence-corrected chi connectivity index (χ1v) is 7.72. The van der Waals surface area contributed by atoms with E-state index in [1.165, 1.54) is 0 Å². The molecule has 0 radical (unpaired) electrons. The van der Waals surface area contributed by atoms with E-state index in [2.05, 4.69) is 21.0 Å². The second kappa shape index (κ2) is 6.70. The molecule has 1 aromatic heterocycles. The van der Waals surface area contributed by atoms with Crippen molar-refractivity contribution in [2.24, 2.45) is 0 Å². The molecular formula is C15H18BrN3O. The Bertz CT molecular complexity index is 566. The second-order valence-electron chi connectivity index (χ2n) is 4.79. The van der Waals surface area contributed by atoms with Gasteiger partial charge in [-0.05, 0) is 26.0 Å². The maximum atomic E-state index is 12.5. The third-order valence-electron chi connectivity index (χ3n) is 3.06. The van der Waals surface area contributed by atoms with Crippen molar-refractivity contribution >= 4 is 21.8 Å². The van der Waals surface area contributed by atoms with E-state index in [0.29, 0.717) is 12.1 Å². The van der Waals surface area contributed by atoms with Crippen molar-refractivity contribution in [1.29, 1.82) is 0 Å². The van der Waals surface area contributed by atoms with E-state index >= 15 is 0 Å². The summed E-state index contributed by atoms with van der Waals surface area (Å²) < 4.78 is 1.72. The topological polar surface area (TPSA) is 38.1 Å². The number of amides is 1. The molecule has 20 heavy (non-hydrogen) atoms. The second-order valence-corrected chi connectivity index (χ2v) is 5.58. The largest absolute Gasteiger partial charge is 0.335 e. The molecule has 4 nitrogen and oxygen atoms in total. The Hall–Kier alpha value is -1.62. The number of hydrogen-bond donors (Lipinski definition) is 0. The molecule has 0 aliphatic carbocycles. The maximum absolute atomic E-state index is 12.5. The normalized spacial score (nSPS) is 10.8. The number of aromatic nitrogens is 2. The van der Waals surface area contributed by atoms with Crippen LogP contribution < -0.4 is 0 Å². The molecule has 2 aromatic rings. The highest BCUT2D eigenvalue weighted by Crippen LogP contribution is 2.11. The van der Waals surface area contributed by atoms with Gasteiger partial charge < -0.3 is 4.90 Å². The molecule has 106 valence electrons. The van der Waals surface area contributed by atoms with Gasteiger partial charge in [0, 0.05) is 24.1 Å². The van der Waals surface area contributed by atoms with Crippen LogP contribution in [0.5, 0.6) is 0 Å². The van der Waals surface area contributed by atoms with Crippen LogP contribution in [0.3, 0.4) is 0 Å². The molecule has 2 rings (SSSR count). The molecule has 1 heterocycles. The number of carbonyl (C=O) groups excluding carboxylic acids is 1. The molecule has 0 spiro atoms. The summed E-state index contributed by atoms with van der Waals surface area (Å²) in [6, 6.07) is 9.93. The number of halogens is 1. The zero-order valence-electron chi connectivity index (χ0n) is 11.7. The Kier molecular flexibility index (Phi) is 4.95. The smallest absolute Gasteiger partial charge is 0.257 e. The summed E-state index contributed by atoms with van der Waals surface area (Å²) in [5, 5.41) is 5.03. The molecular weight excluding hydrogens is 318 g/mol. The summed E-state index contributed by atoms with van der Waals surface area (Å²) in [5.74, 6) is 0.0154. The lowest BCUT2D eigenvalue weighted by atomic mass is 10.2. The van der Waals surface area contributed by atoms with Gasteiger partial charge in [-0.1, -0.05) is 34.1 Å². The molecule has 1 aromatic carbocycles. The van der Waals surface area contributed by atoms with Crippen LogP contribution in [0.25, 0.3) is 5.69 Å². The number of hydrogen-bond acceptors (Lipinski definition) is 2. The third kappa shape index (κ3) is 3.28. The first-order valence-electron chi connectivity index (χ1n) is 6.60. The first-order chi connectivity index (χ1) is 9.63. The van der Waals surface area contributed by atoms with Gasteiger partial charge >= 0.3 is 0 Å². The van der Waals surface area contributed by atoms with Crippen LogP contribution in [0, 0.1) is 0 Å². The van der Waals surface area contributed by atoms with Gasteiger partial charge in [0.25, 0.3) is 5.91 Å². The number of alkyl halides is 1. The molecule has 0 N–H and O–H groups in total. The quantitative estimate of drug-likeness (QED) is 0.787. The summed E-state index contributed by atoms with van der Waals surface area (Å²) in [7, 11) is 0. The lowest BCUT2D eigenvalue weighted by Gasteiger charge is -2.25. The van der Waals surface area contributed by atoms with Gasteiger partial charge in [-0.2, -0.15) is 5.10 Å². The van der Waals surface area contributed by atoms with E-state index in [1.54, 1.807) is 17.1 Å². The number of carbonyl (C=O) groups is 1. The van der Waals surface area contributed by atoms with Crippen molar-refractivity contribution in [1.82, 2.24) is 14.7 Å². The van der Waals surface area contributed by atoms with Gasteiger partial charge in [0.15, 0.2) is 0 Å². The summed E-state index contributed by atoms with van der Waals surface area (Å²) in [6.45, 7) is 4.72. The zero-order chi connectivity index (χ0) is 14.5. The predicted octanol–water partition coefficient (Wildman–Crippen LogP) is 3.12. The molecule has 0 fully saturated rings. The molecule has 5 heteroatoms. The van der Waals surface area contributed by atoms with Crippen molar-refractivity contribution in [2.75, 3.05) is 11.9 Å². The van der Waals surface area contributed by atoms with Gasteiger partial charge in [-0.25, -0.2) is 4.68 Å². The third-order valence-corrected chi connectivity index (χ3v) is 3.41. The molecule has 0 aliphatic rings. The van der Waals surface area contributed by atoms with E-state index in [4.69, 9.17) is 0 Å². The molecule has 0 aliphatic heterocycles. The number of para-hydroxylation sites is 1. The van der Waals surface area contributed by atoms with Crippen LogP contribution in [0.1, 0.15) is 24.2 Å². The van der Waals surface area contributed by atoms with E-state index in [-0.39, 0.29) is 11.9 Å². The van der Waals surface area contributed by atoms with Gasteiger partial charge in [0.1, 0.15) is 0 Å². The number of rotatable bonds is 5. The van der Waals surface area contributed by atoms with Gasteiger partial charge in [-0.3, -0.25) is 4.79 Å². The highest BCUT2D eigenvalue weighted by molar-refractivity contribution is 9.09. The minimum Gasteiger partial charge on any atom is -0.335 e. The monoisotopic (exact) mass is 335 g/mol. The van der Waals surface area contributed by atoms with E-state index in [1.807, 2.05) is 49.1 Å². The van der Waals surface area contributed by atoms with Crippen molar-refractivity contribution < 1.29 is 4.79 Å². The summed E-state index contributed by atoms with van der Waals surface area (Å²) >= 11 is 3.39. The summed E-state index contributed by atoms with van der Waals surface area (Å²) in [4.78, 5) is 14.3. The highest BCUT2D eigenvalue weighted by Gasteiger charge is 2.19. The van der Waals surface area contributed by atoms with Crippen molar-refractivity contribution in [3.63, 3.8) is 0 Å². The van der Waals surface area contributed by atoms with Gasteiger partial charge in [0.2, 0.25) is 0 Å².